The number of carbonyl (C=O) groups is 1. The average molecular weight is 442 g/mol. The minimum Gasteiger partial charge on any atom is -0.497 e. The van der Waals surface area contributed by atoms with Crippen molar-refractivity contribution in [3.63, 3.8) is 0 Å². The first-order valence-corrected chi connectivity index (χ1v) is 11.9. The van der Waals surface area contributed by atoms with Gasteiger partial charge in [0.1, 0.15) is 5.75 Å². The number of methoxy groups -OCH3 is 1. The molecule has 0 spiro atoms. The lowest BCUT2D eigenvalue weighted by Crippen LogP contribution is -2.33. The number of hydrogen-bond donors (Lipinski definition) is 1. The van der Waals surface area contributed by atoms with Crippen LogP contribution in [0.4, 0.5) is 0 Å². The van der Waals surface area contributed by atoms with Crippen LogP contribution in [0.25, 0.3) is 0 Å². The number of carbonyl (C=O) groups excluding carboxylic acids is 1. The summed E-state index contributed by atoms with van der Waals surface area (Å²) in [4.78, 5) is 19.0. The summed E-state index contributed by atoms with van der Waals surface area (Å²) in [5.74, 6) is 1.64. The van der Waals surface area contributed by atoms with Crippen molar-refractivity contribution in [3.05, 3.63) is 48.0 Å². The number of aliphatic hydroxyl groups is 1. The zero-order valence-electron chi connectivity index (χ0n) is 19.9. The molecule has 32 heavy (non-hydrogen) atoms. The van der Waals surface area contributed by atoms with Gasteiger partial charge in [-0.1, -0.05) is 26.0 Å². The molecule has 1 N–H and O–H groups in total. The highest BCUT2D eigenvalue weighted by molar-refractivity contribution is 5.76. The summed E-state index contributed by atoms with van der Waals surface area (Å²) in [7, 11) is 1.63. The lowest BCUT2D eigenvalue weighted by Gasteiger charge is -2.34. The van der Waals surface area contributed by atoms with E-state index in [1.165, 1.54) is 32.1 Å². The fourth-order valence-electron chi connectivity index (χ4n) is 4.49. The van der Waals surface area contributed by atoms with Gasteiger partial charge < -0.3 is 19.3 Å². The number of rotatable bonds is 11. The molecule has 6 nitrogen and oxygen atoms in total. The Morgan fingerprint density at radius 1 is 1.25 bits per heavy atom. The number of aryl methyl sites for hydroxylation is 2. The van der Waals surface area contributed by atoms with Gasteiger partial charge in [-0.05, 0) is 67.6 Å². The highest BCUT2D eigenvalue weighted by atomic mass is 16.5. The van der Waals surface area contributed by atoms with Gasteiger partial charge in [-0.25, -0.2) is 4.98 Å². The van der Waals surface area contributed by atoms with Crippen LogP contribution in [0.1, 0.15) is 63.6 Å². The second-order valence-corrected chi connectivity index (χ2v) is 9.89. The van der Waals surface area contributed by atoms with Gasteiger partial charge in [0.2, 0.25) is 5.91 Å². The van der Waals surface area contributed by atoms with Crippen LogP contribution in [-0.2, 0) is 24.3 Å². The maximum absolute atomic E-state index is 12.8. The first-order valence-electron chi connectivity index (χ1n) is 11.9. The van der Waals surface area contributed by atoms with E-state index in [0.717, 1.165) is 29.5 Å². The highest BCUT2D eigenvalue weighted by Gasteiger charge is 2.26. The number of aromatic nitrogens is 2. The van der Waals surface area contributed by atoms with Crippen LogP contribution in [0.3, 0.4) is 0 Å². The molecule has 1 saturated carbocycles. The molecule has 0 saturated heterocycles. The summed E-state index contributed by atoms with van der Waals surface area (Å²) in [6, 6.07) is 7.67. The molecular formula is C26H39N3O3. The van der Waals surface area contributed by atoms with Gasteiger partial charge in [0, 0.05) is 32.3 Å². The Hall–Kier alpha value is -2.34. The second-order valence-electron chi connectivity index (χ2n) is 9.89. The van der Waals surface area contributed by atoms with Crippen LogP contribution >= 0.6 is 0 Å². The average Bonchev–Trinajstić information content (AvgIpc) is 3.25. The first-order chi connectivity index (χ1) is 15.4. The third kappa shape index (κ3) is 7.37. The number of ether oxygens (including phenoxy) is 1. The monoisotopic (exact) mass is 441 g/mol. The molecule has 0 radical (unpaired) electrons. The Balaban J connectivity index is 1.45. The minimum atomic E-state index is -0.0468. The summed E-state index contributed by atoms with van der Waals surface area (Å²) in [5.41, 5.74) is 2.49. The Morgan fingerprint density at radius 3 is 2.62 bits per heavy atom. The standard InChI is InChI=1S/C26H39N3O3/c1-26(2)13-10-21(11-14-26)12-15-28-19-23(27-20-28)6-9-25(31)29(16-17-30)18-22-4-7-24(32-3)8-5-22/h4-5,7-8,19-21,30H,6,9-18H2,1-3H3. The van der Waals surface area contributed by atoms with E-state index in [9.17, 15) is 9.90 Å². The van der Waals surface area contributed by atoms with Crippen LogP contribution < -0.4 is 4.74 Å². The molecule has 0 aliphatic heterocycles. The van der Waals surface area contributed by atoms with Gasteiger partial charge in [-0.15, -0.1) is 0 Å². The third-order valence-electron chi connectivity index (χ3n) is 6.79. The lowest BCUT2D eigenvalue weighted by molar-refractivity contribution is -0.132. The Kier molecular flexibility index (Phi) is 8.74. The van der Waals surface area contributed by atoms with Crippen LogP contribution in [0, 0.1) is 11.3 Å². The number of hydrogen-bond acceptors (Lipinski definition) is 4. The van der Waals surface area contributed by atoms with Crippen molar-refractivity contribution in [1.82, 2.24) is 14.5 Å². The molecule has 1 aromatic heterocycles. The molecule has 0 unspecified atom stereocenters. The molecule has 6 heteroatoms. The van der Waals surface area contributed by atoms with Crippen LogP contribution in [-0.4, -0.2) is 45.7 Å². The molecule has 0 atom stereocenters. The molecule has 1 aliphatic carbocycles. The summed E-state index contributed by atoms with van der Waals surface area (Å²) in [5, 5.41) is 9.40. The molecule has 176 valence electrons. The van der Waals surface area contributed by atoms with E-state index >= 15 is 0 Å². The fourth-order valence-corrected chi connectivity index (χ4v) is 4.49. The number of amides is 1. The number of benzene rings is 1. The molecule has 1 aliphatic rings. The third-order valence-corrected chi connectivity index (χ3v) is 6.79. The predicted molar refractivity (Wildman–Crippen MR) is 126 cm³/mol. The van der Waals surface area contributed by atoms with Crippen molar-refractivity contribution >= 4 is 5.91 Å². The molecule has 2 aromatic rings. The van der Waals surface area contributed by atoms with Crippen LogP contribution in [0.2, 0.25) is 0 Å². The normalized spacial score (nSPS) is 16.1. The largest absolute Gasteiger partial charge is 0.497 e. The molecule has 1 aromatic carbocycles. The quantitative estimate of drug-likeness (QED) is 0.559. The Morgan fingerprint density at radius 2 is 1.97 bits per heavy atom. The van der Waals surface area contributed by atoms with E-state index in [-0.39, 0.29) is 12.5 Å². The van der Waals surface area contributed by atoms with Crippen molar-refractivity contribution in [2.45, 2.75) is 71.9 Å². The minimum absolute atomic E-state index is 0.0363. The van der Waals surface area contributed by atoms with E-state index in [2.05, 4.69) is 29.6 Å². The smallest absolute Gasteiger partial charge is 0.223 e. The van der Waals surface area contributed by atoms with Gasteiger partial charge in [0.15, 0.2) is 0 Å². The second kappa shape index (κ2) is 11.5. The van der Waals surface area contributed by atoms with E-state index in [1.807, 2.05) is 30.6 Å². The summed E-state index contributed by atoms with van der Waals surface area (Å²) < 4.78 is 7.36. The zero-order chi connectivity index (χ0) is 23.0. The number of aliphatic hydroxyl groups excluding tert-OH is 1. The first kappa shape index (κ1) is 24.3. The number of imidazole rings is 1. The van der Waals surface area contributed by atoms with Crippen molar-refractivity contribution in [1.29, 1.82) is 0 Å². The van der Waals surface area contributed by atoms with Gasteiger partial charge in [-0.3, -0.25) is 4.79 Å². The molecule has 1 fully saturated rings. The predicted octanol–water partition coefficient (Wildman–Crippen LogP) is 4.45. The molecule has 1 amide bonds. The lowest BCUT2D eigenvalue weighted by atomic mass is 9.72. The summed E-state index contributed by atoms with van der Waals surface area (Å²) in [6.45, 7) is 6.53. The van der Waals surface area contributed by atoms with E-state index in [4.69, 9.17) is 4.74 Å². The maximum atomic E-state index is 12.8. The van der Waals surface area contributed by atoms with Gasteiger partial charge >= 0.3 is 0 Å². The van der Waals surface area contributed by atoms with Crippen molar-refractivity contribution in [3.8, 4) is 5.75 Å². The zero-order valence-corrected chi connectivity index (χ0v) is 19.9. The fraction of sp³-hybridized carbons (Fsp3) is 0.615. The molecule has 3 rings (SSSR count). The summed E-state index contributed by atoms with van der Waals surface area (Å²) in [6.07, 6.45) is 11.5. The van der Waals surface area contributed by atoms with E-state index < -0.39 is 0 Å². The highest BCUT2D eigenvalue weighted by Crippen LogP contribution is 2.39. The van der Waals surface area contributed by atoms with Crippen LogP contribution in [0.15, 0.2) is 36.8 Å². The topological polar surface area (TPSA) is 67.6 Å². The molecular weight excluding hydrogens is 402 g/mol. The maximum Gasteiger partial charge on any atom is 0.223 e. The van der Waals surface area contributed by atoms with E-state index in [1.54, 1.807) is 12.0 Å². The van der Waals surface area contributed by atoms with Crippen molar-refractivity contribution in [2.24, 2.45) is 11.3 Å². The van der Waals surface area contributed by atoms with E-state index in [0.29, 0.717) is 31.3 Å². The van der Waals surface area contributed by atoms with Gasteiger partial charge in [0.25, 0.3) is 0 Å². The molecule has 1 heterocycles. The van der Waals surface area contributed by atoms with Crippen molar-refractivity contribution in [2.75, 3.05) is 20.3 Å². The van der Waals surface area contributed by atoms with Gasteiger partial charge in [-0.2, -0.15) is 0 Å². The Labute approximate surface area is 192 Å². The van der Waals surface area contributed by atoms with Crippen molar-refractivity contribution < 1.29 is 14.6 Å². The SMILES string of the molecule is COc1ccc(CN(CCO)C(=O)CCc2cn(CCC3CCC(C)(C)CC3)cn2)cc1. The number of nitrogens with zero attached hydrogens (tertiary/aromatic N) is 3. The van der Waals surface area contributed by atoms with Crippen LogP contribution in [0.5, 0.6) is 5.75 Å². The van der Waals surface area contributed by atoms with Gasteiger partial charge in [0.05, 0.1) is 25.7 Å². The molecule has 0 bridgehead atoms. The summed E-state index contributed by atoms with van der Waals surface area (Å²) >= 11 is 0. The Bertz CT molecular complexity index is 834.